The third-order valence-corrected chi connectivity index (χ3v) is 3.93. The summed E-state index contributed by atoms with van der Waals surface area (Å²) in [5, 5.41) is 15.1. The average molecular weight is 380 g/mol. The number of pyridine rings is 1. The number of non-ortho nitro benzene ring substituents is 1. The Morgan fingerprint density at radius 3 is 2.64 bits per heavy atom. The van der Waals surface area contributed by atoms with Crippen molar-refractivity contribution in [3.63, 3.8) is 0 Å². The first-order chi connectivity index (χ1) is 12.0. The first-order valence-corrected chi connectivity index (χ1v) is 7.79. The zero-order valence-corrected chi connectivity index (χ0v) is 14.4. The topological polar surface area (TPSA) is 98.2 Å². The zero-order chi connectivity index (χ0) is 18.0. The van der Waals surface area contributed by atoms with Gasteiger partial charge in [0.25, 0.3) is 5.69 Å². The normalized spacial score (nSPS) is 10.7. The standard InChI is InChI=1S/C15H11Cl2N5O3/c1-21(14-11(16)5-10(22(23)24)6-12(14)17)8-13-19-15(20-25-13)9-3-2-4-18-7-9/h2-7H,8H2,1H3. The lowest BCUT2D eigenvalue weighted by Crippen LogP contribution is -2.17. The van der Waals surface area contributed by atoms with Gasteiger partial charge < -0.3 is 9.42 Å². The summed E-state index contributed by atoms with van der Waals surface area (Å²) in [5.74, 6) is 0.754. The van der Waals surface area contributed by atoms with Crippen LogP contribution in [0.1, 0.15) is 5.89 Å². The molecule has 2 heterocycles. The number of halogens is 2. The minimum atomic E-state index is -0.556. The Kier molecular flexibility index (Phi) is 4.82. The van der Waals surface area contributed by atoms with E-state index in [0.29, 0.717) is 17.4 Å². The molecule has 0 spiro atoms. The second-order valence-corrected chi connectivity index (χ2v) is 5.94. The first-order valence-electron chi connectivity index (χ1n) is 7.03. The van der Waals surface area contributed by atoms with E-state index in [1.807, 2.05) is 6.07 Å². The minimum absolute atomic E-state index is 0.161. The number of benzene rings is 1. The number of rotatable bonds is 5. The third kappa shape index (κ3) is 3.70. The van der Waals surface area contributed by atoms with Gasteiger partial charge >= 0.3 is 0 Å². The highest BCUT2D eigenvalue weighted by Gasteiger charge is 2.19. The second kappa shape index (κ2) is 7.04. The maximum absolute atomic E-state index is 10.9. The molecular weight excluding hydrogens is 369 g/mol. The summed E-state index contributed by atoms with van der Waals surface area (Å²) in [7, 11) is 1.72. The molecule has 0 aliphatic carbocycles. The fraction of sp³-hybridized carbons (Fsp3) is 0.133. The molecule has 0 atom stereocenters. The zero-order valence-electron chi connectivity index (χ0n) is 12.9. The third-order valence-electron chi connectivity index (χ3n) is 3.35. The van der Waals surface area contributed by atoms with E-state index in [9.17, 15) is 10.1 Å². The van der Waals surface area contributed by atoms with Gasteiger partial charge in [0.15, 0.2) is 0 Å². The molecule has 0 bridgehead atoms. The molecule has 10 heteroatoms. The van der Waals surface area contributed by atoms with Crippen molar-refractivity contribution in [3.8, 4) is 11.4 Å². The number of aromatic nitrogens is 3. The van der Waals surface area contributed by atoms with E-state index in [2.05, 4.69) is 15.1 Å². The Morgan fingerprint density at radius 2 is 2.04 bits per heavy atom. The van der Waals surface area contributed by atoms with E-state index >= 15 is 0 Å². The van der Waals surface area contributed by atoms with Crippen LogP contribution in [0.4, 0.5) is 11.4 Å². The van der Waals surface area contributed by atoms with E-state index in [4.69, 9.17) is 27.7 Å². The molecule has 3 aromatic rings. The molecule has 2 aromatic heterocycles. The monoisotopic (exact) mass is 379 g/mol. The van der Waals surface area contributed by atoms with Gasteiger partial charge in [0, 0.05) is 37.1 Å². The lowest BCUT2D eigenvalue weighted by atomic mass is 10.2. The molecule has 1 aromatic carbocycles. The van der Waals surface area contributed by atoms with Crippen molar-refractivity contribution in [2.24, 2.45) is 0 Å². The van der Waals surface area contributed by atoms with Crippen LogP contribution in [-0.4, -0.2) is 27.1 Å². The molecule has 128 valence electrons. The van der Waals surface area contributed by atoms with Gasteiger partial charge in [-0.15, -0.1) is 0 Å². The van der Waals surface area contributed by atoms with Crippen LogP contribution in [0.2, 0.25) is 10.0 Å². The Hall–Kier alpha value is -2.71. The van der Waals surface area contributed by atoms with E-state index in [0.717, 1.165) is 5.56 Å². The van der Waals surface area contributed by atoms with Crippen molar-refractivity contribution >= 4 is 34.6 Å². The van der Waals surface area contributed by atoms with Crippen LogP contribution in [0.15, 0.2) is 41.2 Å². The highest BCUT2D eigenvalue weighted by molar-refractivity contribution is 6.39. The molecule has 0 saturated heterocycles. The second-order valence-electron chi connectivity index (χ2n) is 5.12. The molecule has 0 radical (unpaired) electrons. The molecule has 0 saturated carbocycles. The number of anilines is 1. The van der Waals surface area contributed by atoms with Gasteiger partial charge in [0.2, 0.25) is 11.7 Å². The summed E-state index contributed by atoms with van der Waals surface area (Å²) in [6.07, 6.45) is 3.28. The van der Waals surface area contributed by atoms with Crippen LogP contribution >= 0.6 is 23.2 Å². The van der Waals surface area contributed by atoms with Gasteiger partial charge in [-0.1, -0.05) is 28.4 Å². The number of nitro benzene ring substituents is 1. The van der Waals surface area contributed by atoms with E-state index < -0.39 is 4.92 Å². The minimum Gasteiger partial charge on any atom is -0.363 e. The molecule has 0 N–H and O–H groups in total. The van der Waals surface area contributed by atoms with Crippen LogP contribution < -0.4 is 4.90 Å². The molecule has 25 heavy (non-hydrogen) atoms. The van der Waals surface area contributed by atoms with Gasteiger partial charge in [-0.2, -0.15) is 4.98 Å². The van der Waals surface area contributed by atoms with Crippen molar-refractivity contribution in [2.45, 2.75) is 6.54 Å². The van der Waals surface area contributed by atoms with Gasteiger partial charge in [-0.3, -0.25) is 15.1 Å². The maximum atomic E-state index is 10.9. The van der Waals surface area contributed by atoms with Crippen molar-refractivity contribution in [2.75, 3.05) is 11.9 Å². The number of hydrogen-bond donors (Lipinski definition) is 0. The van der Waals surface area contributed by atoms with Gasteiger partial charge in [-0.05, 0) is 12.1 Å². The average Bonchev–Trinajstić information content (AvgIpc) is 3.03. The van der Waals surface area contributed by atoms with Crippen LogP contribution in [0, 0.1) is 10.1 Å². The van der Waals surface area contributed by atoms with Crippen LogP contribution in [0.25, 0.3) is 11.4 Å². The molecule has 0 amide bonds. The van der Waals surface area contributed by atoms with Crippen molar-refractivity contribution in [3.05, 3.63) is 62.7 Å². The van der Waals surface area contributed by atoms with Crippen molar-refractivity contribution in [1.82, 2.24) is 15.1 Å². The van der Waals surface area contributed by atoms with Crippen molar-refractivity contribution < 1.29 is 9.45 Å². The Bertz CT molecular complexity index is 894. The van der Waals surface area contributed by atoms with Gasteiger partial charge in [0.1, 0.15) is 0 Å². The molecule has 0 aliphatic heterocycles. The smallest absolute Gasteiger partial charge is 0.272 e. The molecule has 3 rings (SSSR count). The highest BCUT2D eigenvalue weighted by Crippen LogP contribution is 2.37. The van der Waals surface area contributed by atoms with E-state index in [1.165, 1.54) is 12.1 Å². The van der Waals surface area contributed by atoms with Crippen LogP contribution in [0.5, 0.6) is 0 Å². The molecule has 0 unspecified atom stereocenters. The Balaban J connectivity index is 1.82. The number of nitrogens with zero attached hydrogens (tertiary/aromatic N) is 5. The van der Waals surface area contributed by atoms with E-state index in [1.54, 1.807) is 30.4 Å². The van der Waals surface area contributed by atoms with Crippen LogP contribution in [-0.2, 0) is 6.54 Å². The lowest BCUT2D eigenvalue weighted by molar-refractivity contribution is -0.384. The number of nitro groups is 1. The van der Waals surface area contributed by atoms with Crippen molar-refractivity contribution in [1.29, 1.82) is 0 Å². The van der Waals surface area contributed by atoms with Gasteiger partial charge in [0.05, 0.1) is 27.2 Å². The fourth-order valence-corrected chi connectivity index (χ4v) is 3.00. The Morgan fingerprint density at radius 1 is 1.32 bits per heavy atom. The summed E-state index contributed by atoms with van der Waals surface area (Å²) in [5.41, 5.74) is 0.991. The molecule has 0 fully saturated rings. The quantitative estimate of drug-likeness (QED) is 0.488. The highest BCUT2D eigenvalue weighted by atomic mass is 35.5. The van der Waals surface area contributed by atoms with Crippen LogP contribution in [0.3, 0.4) is 0 Å². The SMILES string of the molecule is CN(Cc1nc(-c2cccnc2)no1)c1c(Cl)cc([N+](=O)[O-])cc1Cl. The first kappa shape index (κ1) is 17.1. The summed E-state index contributed by atoms with van der Waals surface area (Å²) < 4.78 is 5.23. The molecule has 8 nitrogen and oxygen atoms in total. The van der Waals surface area contributed by atoms with Gasteiger partial charge in [-0.25, -0.2) is 0 Å². The fourth-order valence-electron chi connectivity index (χ4n) is 2.24. The summed E-state index contributed by atoms with van der Waals surface area (Å²) >= 11 is 12.3. The summed E-state index contributed by atoms with van der Waals surface area (Å²) in [6, 6.07) is 6.08. The summed E-state index contributed by atoms with van der Waals surface area (Å²) in [6.45, 7) is 0.227. The largest absolute Gasteiger partial charge is 0.363 e. The summed E-state index contributed by atoms with van der Waals surface area (Å²) in [4.78, 5) is 20.3. The predicted octanol–water partition coefficient (Wildman–Crippen LogP) is 3.98. The molecular formula is C15H11Cl2N5O3. The Labute approximate surface area is 152 Å². The molecule has 0 aliphatic rings. The number of hydrogen-bond acceptors (Lipinski definition) is 7. The maximum Gasteiger partial charge on any atom is 0.272 e. The lowest BCUT2D eigenvalue weighted by Gasteiger charge is -2.19. The van der Waals surface area contributed by atoms with E-state index in [-0.39, 0.29) is 22.3 Å². The predicted molar refractivity (Wildman–Crippen MR) is 92.8 cm³/mol.